The Balaban J connectivity index is 0.00000208. The molecule has 0 aliphatic heterocycles. The summed E-state index contributed by atoms with van der Waals surface area (Å²) in [7, 11) is 8.21. The van der Waals surface area contributed by atoms with Crippen molar-refractivity contribution in [3.63, 3.8) is 0 Å². The van der Waals surface area contributed by atoms with E-state index in [1.807, 2.05) is 6.92 Å². The first-order valence-corrected chi connectivity index (χ1v) is 7.74. The summed E-state index contributed by atoms with van der Waals surface area (Å²) in [6.07, 6.45) is 6.36. The lowest BCUT2D eigenvalue weighted by Crippen LogP contribution is -3.00. The van der Waals surface area contributed by atoms with Crippen molar-refractivity contribution in [3.05, 3.63) is 53.6 Å². The molecule has 0 amide bonds. The number of nitrogens with zero attached hydrogens (tertiary/aromatic N) is 4. The van der Waals surface area contributed by atoms with Crippen LogP contribution in [-0.2, 0) is 14.1 Å². The second-order valence-corrected chi connectivity index (χ2v) is 6.08. The van der Waals surface area contributed by atoms with E-state index in [9.17, 15) is 0 Å². The van der Waals surface area contributed by atoms with Crippen LogP contribution in [0.4, 0.5) is 5.69 Å². The Bertz CT molecular complexity index is 877. The first-order chi connectivity index (χ1) is 11.0. The van der Waals surface area contributed by atoms with Gasteiger partial charge in [0.2, 0.25) is 5.69 Å². The fraction of sp³-hybridized carbons (Fsp3) is 0.263. The molecule has 0 aliphatic rings. The molecule has 0 saturated heterocycles. The minimum Gasteiger partial charge on any atom is -1.00 e. The van der Waals surface area contributed by atoms with Gasteiger partial charge in [0.15, 0.2) is 11.7 Å². The molecule has 0 radical (unpaired) electrons. The quantitative estimate of drug-likeness (QED) is 0.427. The highest BCUT2D eigenvalue weighted by atomic mass is 127. The maximum absolute atomic E-state index is 4.71. The molecular weight excluding hydrogens is 411 g/mol. The number of hydrogen-bond donors (Lipinski definition) is 0. The zero-order valence-corrected chi connectivity index (χ0v) is 16.9. The van der Waals surface area contributed by atoms with Gasteiger partial charge >= 0.3 is 0 Å². The molecule has 5 heteroatoms. The molecule has 4 nitrogen and oxygen atoms in total. The summed E-state index contributed by atoms with van der Waals surface area (Å²) in [4.78, 5) is 6.81. The van der Waals surface area contributed by atoms with Gasteiger partial charge in [0.1, 0.15) is 12.9 Å². The summed E-state index contributed by atoms with van der Waals surface area (Å²) in [5.41, 5.74) is 5.69. The highest BCUT2D eigenvalue weighted by Gasteiger charge is 2.14. The second kappa shape index (κ2) is 7.34. The molecule has 0 unspecified atom stereocenters. The van der Waals surface area contributed by atoms with Crippen LogP contribution in [0.15, 0.2) is 36.5 Å². The molecule has 2 heterocycles. The van der Waals surface area contributed by atoms with E-state index in [1.54, 1.807) is 0 Å². The zero-order chi connectivity index (χ0) is 16.6. The van der Waals surface area contributed by atoms with Gasteiger partial charge in [0, 0.05) is 39.0 Å². The third kappa shape index (κ3) is 3.45. The van der Waals surface area contributed by atoms with Crippen LogP contribution >= 0.6 is 0 Å². The standard InChI is InChI=1S/C19H23N4.HI/c1-14-20-19-17(22(4)13-12-18(19)23(14)5)11-8-15-6-9-16(10-7-15)21(2)3;/h6-13H,1-5H3;1H/q+1;/p-1. The first-order valence-electron chi connectivity index (χ1n) is 7.74. The van der Waals surface area contributed by atoms with Crippen molar-refractivity contribution in [2.24, 2.45) is 14.1 Å². The maximum atomic E-state index is 4.71. The number of rotatable bonds is 3. The van der Waals surface area contributed by atoms with E-state index in [-0.39, 0.29) is 24.0 Å². The molecule has 0 saturated carbocycles. The van der Waals surface area contributed by atoms with E-state index in [0.29, 0.717) is 0 Å². The van der Waals surface area contributed by atoms with Gasteiger partial charge < -0.3 is 33.4 Å². The van der Waals surface area contributed by atoms with Crippen molar-refractivity contribution in [2.75, 3.05) is 19.0 Å². The van der Waals surface area contributed by atoms with Gasteiger partial charge in [0.25, 0.3) is 0 Å². The van der Waals surface area contributed by atoms with Crippen molar-refractivity contribution in [1.29, 1.82) is 0 Å². The lowest BCUT2D eigenvalue weighted by molar-refractivity contribution is -0.671. The Labute approximate surface area is 160 Å². The molecule has 24 heavy (non-hydrogen) atoms. The monoisotopic (exact) mass is 434 g/mol. The Kier molecular flexibility index (Phi) is 5.64. The van der Waals surface area contributed by atoms with E-state index in [0.717, 1.165) is 22.6 Å². The molecule has 0 aliphatic carbocycles. The van der Waals surface area contributed by atoms with Crippen LogP contribution in [0.1, 0.15) is 17.1 Å². The predicted octanol–water partition coefficient (Wildman–Crippen LogP) is -0.0534. The summed E-state index contributed by atoms with van der Waals surface area (Å²) in [6, 6.07) is 10.6. The van der Waals surface area contributed by atoms with Crippen molar-refractivity contribution >= 4 is 28.9 Å². The van der Waals surface area contributed by atoms with Crippen molar-refractivity contribution in [3.8, 4) is 0 Å². The highest BCUT2D eigenvalue weighted by molar-refractivity contribution is 5.85. The fourth-order valence-electron chi connectivity index (χ4n) is 2.69. The minimum atomic E-state index is 0. The molecule has 126 valence electrons. The van der Waals surface area contributed by atoms with Gasteiger partial charge in [-0.3, -0.25) is 0 Å². The average molecular weight is 434 g/mol. The van der Waals surface area contributed by atoms with Gasteiger partial charge in [-0.1, -0.05) is 12.1 Å². The van der Waals surface area contributed by atoms with Crippen LogP contribution in [0.3, 0.4) is 0 Å². The van der Waals surface area contributed by atoms with E-state index in [1.165, 1.54) is 11.3 Å². The number of benzene rings is 1. The Morgan fingerprint density at radius 1 is 1.08 bits per heavy atom. The number of anilines is 1. The molecule has 0 atom stereocenters. The molecule has 3 rings (SSSR count). The van der Waals surface area contributed by atoms with Gasteiger partial charge in [-0.15, -0.1) is 0 Å². The van der Waals surface area contributed by atoms with Crippen LogP contribution in [0.25, 0.3) is 23.2 Å². The largest absolute Gasteiger partial charge is 1.00 e. The van der Waals surface area contributed by atoms with E-state index >= 15 is 0 Å². The SMILES string of the molecule is Cc1nc2c(C=Cc3ccc(N(C)C)cc3)[n+](C)ccc2n1C.[I-]. The Hall–Kier alpha value is -1.89. The topological polar surface area (TPSA) is 24.9 Å². The lowest BCUT2D eigenvalue weighted by atomic mass is 10.1. The molecule has 2 aromatic heterocycles. The van der Waals surface area contributed by atoms with Gasteiger partial charge in [-0.05, 0) is 30.7 Å². The van der Waals surface area contributed by atoms with E-state index in [2.05, 4.69) is 90.9 Å². The van der Waals surface area contributed by atoms with Crippen LogP contribution < -0.4 is 33.4 Å². The van der Waals surface area contributed by atoms with Crippen LogP contribution in [-0.4, -0.2) is 23.6 Å². The number of aromatic nitrogens is 3. The van der Waals surface area contributed by atoms with E-state index in [4.69, 9.17) is 4.98 Å². The lowest BCUT2D eigenvalue weighted by Gasteiger charge is -2.11. The number of fused-ring (bicyclic) bond motifs is 1. The first kappa shape index (κ1) is 18.4. The number of halogens is 1. The van der Waals surface area contributed by atoms with E-state index < -0.39 is 0 Å². The minimum absolute atomic E-state index is 0. The predicted molar refractivity (Wildman–Crippen MR) is 96.3 cm³/mol. The average Bonchev–Trinajstić information content (AvgIpc) is 2.82. The zero-order valence-electron chi connectivity index (χ0n) is 14.8. The molecule has 0 fully saturated rings. The summed E-state index contributed by atoms with van der Waals surface area (Å²) in [5, 5.41) is 0. The summed E-state index contributed by atoms with van der Waals surface area (Å²) in [6.45, 7) is 2.04. The van der Waals surface area contributed by atoms with Crippen LogP contribution in [0.5, 0.6) is 0 Å². The number of aryl methyl sites for hydroxylation is 3. The van der Waals surface area contributed by atoms with Crippen LogP contribution in [0.2, 0.25) is 0 Å². The number of hydrogen-bond acceptors (Lipinski definition) is 2. The Morgan fingerprint density at radius 3 is 2.38 bits per heavy atom. The second-order valence-electron chi connectivity index (χ2n) is 6.08. The number of pyridine rings is 1. The van der Waals surface area contributed by atoms with Crippen molar-refractivity contribution in [2.45, 2.75) is 6.92 Å². The van der Waals surface area contributed by atoms with Gasteiger partial charge in [-0.2, -0.15) is 4.57 Å². The summed E-state index contributed by atoms with van der Waals surface area (Å²) < 4.78 is 4.23. The molecule has 0 bridgehead atoms. The van der Waals surface area contributed by atoms with Crippen molar-refractivity contribution < 1.29 is 28.5 Å². The normalized spacial score (nSPS) is 11.0. The maximum Gasteiger partial charge on any atom is 0.233 e. The third-order valence-electron chi connectivity index (χ3n) is 4.28. The third-order valence-corrected chi connectivity index (χ3v) is 4.28. The van der Waals surface area contributed by atoms with Crippen molar-refractivity contribution in [1.82, 2.24) is 9.55 Å². The molecule has 0 N–H and O–H groups in total. The fourth-order valence-corrected chi connectivity index (χ4v) is 2.69. The summed E-state index contributed by atoms with van der Waals surface area (Å²) in [5.74, 6) is 1.02. The van der Waals surface area contributed by atoms with Gasteiger partial charge in [0.05, 0.1) is 5.52 Å². The molecule has 1 aromatic carbocycles. The molecule has 3 aromatic rings. The number of imidazole rings is 1. The Morgan fingerprint density at radius 2 is 1.75 bits per heavy atom. The summed E-state index contributed by atoms with van der Waals surface area (Å²) >= 11 is 0. The molecular formula is C19H23IN4. The molecule has 0 spiro atoms. The smallest absolute Gasteiger partial charge is 0.233 e. The van der Waals surface area contributed by atoms with Gasteiger partial charge in [-0.25, -0.2) is 4.98 Å². The highest BCUT2D eigenvalue weighted by Crippen LogP contribution is 2.19. The van der Waals surface area contributed by atoms with Crippen LogP contribution in [0, 0.1) is 6.92 Å².